The summed E-state index contributed by atoms with van der Waals surface area (Å²) in [4.78, 5) is 12.2. The molecule has 1 unspecified atom stereocenters. The average Bonchev–Trinajstić information content (AvgIpc) is 2.93. The Labute approximate surface area is 124 Å². The molecular weight excluding hydrogens is 266 g/mol. The summed E-state index contributed by atoms with van der Waals surface area (Å²) >= 11 is 0. The summed E-state index contributed by atoms with van der Waals surface area (Å²) in [5, 5.41) is 10.8. The standard InChI is InChI=1S/C15H21N5O/c1-11(2)15(12-6-4-3-5-7-12)17-14(21)10-20-9-13(8-16)18-19-20/h3-7,9,11,15H,8,10,16H2,1-2H3,(H,17,21). The highest BCUT2D eigenvalue weighted by Gasteiger charge is 2.18. The molecule has 112 valence electrons. The van der Waals surface area contributed by atoms with Crippen molar-refractivity contribution in [1.29, 1.82) is 0 Å². The van der Waals surface area contributed by atoms with Gasteiger partial charge in [0.2, 0.25) is 5.91 Å². The maximum atomic E-state index is 12.2. The van der Waals surface area contributed by atoms with Gasteiger partial charge in [-0.15, -0.1) is 5.10 Å². The number of amides is 1. The van der Waals surface area contributed by atoms with Crippen LogP contribution >= 0.6 is 0 Å². The lowest BCUT2D eigenvalue weighted by Crippen LogP contribution is -2.34. The summed E-state index contributed by atoms with van der Waals surface area (Å²) < 4.78 is 1.50. The monoisotopic (exact) mass is 287 g/mol. The molecule has 1 aromatic heterocycles. The lowest BCUT2D eigenvalue weighted by atomic mass is 9.96. The summed E-state index contributed by atoms with van der Waals surface area (Å²) in [7, 11) is 0. The molecular formula is C15H21N5O. The average molecular weight is 287 g/mol. The zero-order valence-corrected chi connectivity index (χ0v) is 12.4. The van der Waals surface area contributed by atoms with Crippen molar-refractivity contribution in [2.45, 2.75) is 33.0 Å². The van der Waals surface area contributed by atoms with E-state index in [1.807, 2.05) is 30.3 Å². The summed E-state index contributed by atoms with van der Waals surface area (Å²) in [6.45, 7) is 4.63. The Kier molecular flexibility index (Phi) is 5.05. The van der Waals surface area contributed by atoms with Crippen molar-refractivity contribution < 1.29 is 4.79 Å². The Hall–Kier alpha value is -2.21. The third kappa shape index (κ3) is 4.13. The number of hydrogen-bond acceptors (Lipinski definition) is 4. The second-order valence-electron chi connectivity index (χ2n) is 5.31. The highest BCUT2D eigenvalue weighted by molar-refractivity contribution is 5.76. The van der Waals surface area contributed by atoms with Crippen LogP contribution in [0.4, 0.5) is 0 Å². The van der Waals surface area contributed by atoms with Crippen LogP contribution in [0.25, 0.3) is 0 Å². The number of nitrogens with zero attached hydrogens (tertiary/aromatic N) is 3. The van der Waals surface area contributed by atoms with Crippen LogP contribution in [-0.2, 0) is 17.9 Å². The second-order valence-corrected chi connectivity index (χ2v) is 5.31. The Morgan fingerprint density at radius 1 is 1.33 bits per heavy atom. The minimum atomic E-state index is -0.0916. The number of rotatable bonds is 6. The van der Waals surface area contributed by atoms with Crippen molar-refractivity contribution in [2.24, 2.45) is 11.7 Å². The third-order valence-electron chi connectivity index (χ3n) is 3.24. The van der Waals surface area contributed by atoms with Gasteiger partial charge in [-0.05, 0) is 11.5 Å². The molecule has 3 N–H and O–H groups in total. The molecule has 0 aliphatic heterocycles. The van der Waals surface area contributed by atoms with Crippen molar-refractivity contribution >= 4 is 5.91 Å². The maximum Gasteiger partial charge on any atom is 0.242 e. The molecule has 0 saturated carbocycles. The SMILES string of the molecule is CC(C)C(NC(=O)Cn1cc(CN)nn1)c1ccccc1. The lowest BCUT2D eigenvalue weighted by Gasteiger charge is -2.22. The normalized spacial score (nSPS) is 12.4. The van der Waals surface area contributed by atoms with Gasteiger partial charge in [-0.1, -0.05) is 49.4 Å². The van der Waals surface area contributed by atoms with Crippen LogP contribution in [0.1, 0.15) is 31.1 Å². The zero-order valence-electron chi connectivity index (χ0n) is 12.4. The van der Waals surface area contributed by atoms with Crippen LogP contribution in [0.2, 0.25) is 0 Å². The molecule has 2 aromatic rings. The topological polar surface area (TPSA) is 85.8 Å². The highest BCUT2D eigenvalue weighted by atomic mass is 16.2. The predicted octanol–water partition coefficient (Wildman–Crippen LogP) is 1.25. The summed E-state index contributed by atoms with van der Waals surface area (Å²) in [5.41, 5.74) is 7.25. The van der Waals surface area contributed by atoms with E-state index < -0.39 is 0 Å². The van der Waals surface area contributed by atoms with E-state index >= 15 is 0 Å². The van der Waals surface area contributed by atoms with Crippen molar-refractivity contribution in [3.05, 3.63) is 47.8 Å². The fourth-order valence-electron chi connectivity index (χ4n) is 2.17. The van der Waals surface area contributed by atoms with Crippen LogP contribution in [0.15, 0.2) is 36.5 Å². The van der Waals surface area contributed by atoms with Gasteiger partial charge in [-0.2, -0.15) is 0 Å². The minimum absolute atomic E-state index is 0.0174. The first-order valence-electron chi connectivity index (χ1n) is 7.03. The van der Waals surface area contributed by atoms with Crippen LogP contribution in [0.3, 0.4) is 0 Å². The smallest absolute Gasteiger partial charge is 0.242 e. The molecule has 1 aromatic carbocycles. The van der Waals surface area contributed by atoms with Crippen molar-refractivity contribution in [3.8, 4) is 0 Å². The minimum Gasteiger partial charge on any atom is -0.347 e. The van der Waals surface area contributed by atoms with Gasteiger partial charge in [-0.25, -0.2) is 4.68 Å². The molecule has 21 heavy (non-hydrogen) atoms. The van der Waals surface area contributed by atoms with E-state index in [0.717, 1.165) is 5.56 Å². The van der Waals surface area contributed by atoms with Crippen molar-refractivity contribution in [3.63, 3.8) is 0 Å². The lowest BCUT2D eigenvalue weighted by molar-refractivity contribution is -0.123. The van der Waals surface area contributed by atoms with Crippen LogP contribution < -0.4 is 11.1 Å². The van der Waals surface area contributed by atoms with Gasteiger partial charge >= 0.3 is 0 Å². The molecule has 1 atom stereocenters. The molecule has 0 fully saturated rings. The number of carbonyl (C=O) groups is 1. The van der Waals surface area contributed by atoms with E-state index in [1.54, 1.807) is 6.20 Å². The number of benzene rings is 1. The first-order valence-corrected chi connectivity index (χ1v) is 7.03. The van der Waals surface area contributed by atoms with Crippen LogP contribution in [0.5, 0.6) is 0 Å². The molecule has 1 amide bonds. The van der Waals surface area contributed by atoms with Gasteiger partial charge < -0.3 is 11.1 Å². The Morgan fingerprint density at radius 2 is 2.05 bits per heavy atom. The first kappa shape index (κ1) is 15.2. The van der Waals surface area contributed by atoms with Crippen molar-refractivity contribution in [1.82, 2.24) is 20.3 Å². The van der Waals surface area contributed by atoms with E-state index in [1.165, 1.54) is 4.68 Å². The van der Waals surface area contributed by atoms with E-state index in [-0.39, 0.29) is 18.5 Å². The zero-order chi connectivity index (χ0) is 15.2. The van der Waals surface area contributed by atoms with Gasteiger partial charge in [0.1, 0.15) is 6.54 Å². The molecule has 0 aliphatic rings. The molecule has 2 rings (SSSR count). The molecule has 1 heterocycles. The van der Waals surface area contributed by atoms with Crippen LogP contribution in [-0.4, -0.2) is 20.9 Å². The Morgan fingerprint density at radius 3 is 2.62 bits per heavy atom. The number of aromatic nitrogens is 3. The van der Waals surface area contributed by atoms with Gasteiger partial charge in [0, 0.05) is 6.54 Å². The molecule has 6 heteroatoms. The maximum absolute atomic E-state index is 12.2. The van der Waals surface area contributed by atoms with Gasteiger partial charge in [0.15, 0.2) is 0 Å². The summed E-state index contributed by atoms with van der Waals surface area (Å²) in [6, 6.07) is 9.94. The predicted molar refractivity (Wildman–Crippen MR) is 80.1 cm³/mol. The van der Waals surface area contributed by atoms with Gasteiger partial charge in [0.05, 0.1) is 17.9 Å². The van der Waals surface area contributed by atoms with E-state index in [4.69, 9.17) is 5.73 Å². The number of nitrogens with one attached hydrogen (secondary N) is 1. The number of nitrogens with two attached hydrogens (primary N) is 1. The Bertz CT molecular complexity index is 579. The molecule has 0 spiro atoms. The largest absolute Gasteiger partial charge is 0.347 e. The van der Waals surface area contributed by atoms with E-state index in [2.05, 4.69) is 29.5 Å². The fourth-order valence-corrected chi connectivity index (χ4v) is 2.17. The summed E-state index contributed by atoms with van der Waals surface area (Å²) in [6.07, 6.45) is 1.69. The quantitative estimate of drug-likeness (QED) is 0.837. The molecule has 0 radical (unpaired) electrons. The third-order valence-corrected chi connectivity index (χ3v) is 3.24. The first-order chi connectivity index (χ1) is 10.1. The molecule has 0 aliphatic carbocycles. The van der Waals surface area contributed by atoms with Crippen molar-refractivity contribution in [2.75, 3.05) is 0 Å². The molecule has 0 bridgehead atoms. The van der Waals surface area contributed by atoms with Gasteiger partial charge in [0.25, 0.3) is 0 Å². The summed E-state index contributed by atoms with van der Waals surface area (Å²) in [5.74, 6) is 0.206. The van der Waals surface area contributed by atoms with Crippen LogP contribution in [0, 0.1) is 5.92 Å². The van der Waals surface area contributed by atoms with Gasteiger partial charge in [-0.3, -0.25) is 4.79 Å². The molecule has 0 saturated heterocycles. The number of carbonyl (C=O) groups excluding carboxylic acids is 1. The fraction of sp³-hybridized carbons (Fsp3) is 0.400. The molecule has 6 nitrogen and oxygen atoms in total. The van der Waals surface area contributed by atoms with E-state index in [9.17, 15) is 4.79 Å². The number of hydrogen-bond donors (Lipinski definition) is 2. The second kappa shape index (κ2) is 6.99. The highest BCUT2D eigenvalue weighted by Crippen LogP contribution is 2.21. The van der Waals surface area contributed by atoms with E-state index in [0.29, 0.717) is 18.2 Å². The Balaban J connectivity index is 2.02.